The molecule has 0 heterocycles. The molecule has 2 aliphatic rings. The average molecular weight is 503 g/mol. The fraction of sp³-hybridized carbons (Fsp3) is 0.593. The number of allylic oxidation sites excluding steroid dienone is 2. The van der Waals surface area contributed by atoms with Crippen molar-refractivity contribution in [2.75, 3.05) is 43.2 Å². The third-order valence-electron chi connectivity index (χ3n) is 6.74. The molecule has 0 spiro atoms. The number of carbonyl (C=O) groups is 2. The molecule has 0 saturated heterocycles. The monoisotopic (exact) mass is 502 g/mol. The van der Waals surface area contributed by atoms with Gasteiger partial charge in [0.15, 0.2) is 0 Å². The highest BCUT2D eigenvalue weighted by molar-refractivity contribution is 8.32. The predicted octanol–water partition coefficient (Wildman–Crippen LogP) is 3.98. The molecule has 0 aliphatic heterocycles. The van der Waals surface area contributed by atoms with E-state index < -0.39 is 21.9 Å². The lowest BCUT2D eigenvalue weighted by Crippen LogP contribution is -2.41. The second-order valence-electron chi connectivity index (χ2n) is 10.8. The minimum atomic E-state index is -0.773. The van der Waals surface area contributed by atoms with Gasteiger partial charge < -0.3 is 21.5 Å². The Morgan fingerprint density at radius 1 is 1.06 bits per heavy atom. The second-order valence-corrected chi connectivity index (χ2v) is 15.4. The number of nitrogens with two attached hydrogens (primary N) is 2. The standard InChI is InChI=1S/C27H42N4O3S/c1-17(28)23(18(2)30-16-34-14-15-35(3,4)5)19-10-12-22(13-11-19)31-27(33)25(26(29)32)24(20-6-7-20)21-8-9-21/h10-13,20-21,24-25H,6-9,14-16,28H2,1-5H3,(H2,29,32)(H,31,33). The number of primary amides is 1. The number of aliphatic imine (C=N–C) groups is 1. The van der Waals surface area contributed by atoms with Gasteiger partial charge in [0.1, 0.15) is 12.6 Å². The predicted molar refractivity (Wildman–Crippen MR) is 148 cm³/mol. The van der Waals surface area contributed by atoms with E-state index in [0.717, 1.165) is 48.3 Å². The molecule has 1 atom stereocenters. The number of hydrogen-bond acceptors (Lipinski definition) is 5. The van der Waals surface area contributed by atoms with Crippen LogP contribution in [0.3, 0.4) is 0 Å². The maximum absolute atomic E-state index is 13.1. The zero-order valence-electron chi connectivity index (χ0n) is 21.8. The van der Waals surface area contributed by atoms with Crippen molar-refractivity contribution in [3.05, 3.63) is 35.5 Å². The third-order valence-corrected chi connectivity index (χ3v) is 8.13. The first-order valence-corrected chi connectivity index (χ1v) is 15.4. The van der Waals surface area contributed by atoms with E-state index in [4.69, 9.17) is 16.2 Å². The Labute approximate surface area is 211 Å². The van der Waals surface area contributed by atoms with Gasteiger partial charge >= 0.3 is 0 Å². The van der Waals surface area contributed by atoms with E-state index in [9.17, 15) is 9.59 Å². The van der Waals surface area contributed by atoms with Crippen molar-refractivity contribution >= 4 is 38.8 Å². The Morgan fingerprint density at radius 3 is 2.09 bits per heavy atom. The molecule has 2 fully saturated rings. The number of hydrogen-bond donors (Lipinski definition) is 3. The van der Waals surface area contributed by atoms with Gasteiger partial charge in [-0.15, -0.1) is 0 Å². The molecule has 0 radical (unpaired) electrons. The summed E-state index contributed by atoms with van der Waals surface area (Å²) in [4.78, 5) is 29.8. The van der Waals surface area contributed by atoms with Crippen molar-refractivity contribution in [1.82, 2.24) is 0 Å². The van der Waals surface area contributed by atoms with E-state index in [1.807, 2.05) is 38.1 Å². The van der Waals surface area contributed by atoms with Gasteiger partial charge in [0.2, 0.25) is 11.8 Å². The summed E-state index contributed by atoms with van der Waals surface area (Å²) in [5.41, 5.74) is 15.7. The normalized spacial score (nSPS) is 18.7. The van der Waals surface area contributed by atoms with E-state index >= 15 is 0 Å². The molecule has 1 aromatic carbocycles. The van der Waals surface area contributed by atoms with Crippen LogP contribution in [0.15, 0.2) is 35.0 Å². The fourth-order valence-corrected chi connectivity index (χ4v) is 5.26. The molecule has 2 saturated carbocycles. The van der Waals surface area contributed by atoms with Crippen LogP contribution in [0.1, 0.15) is 45.1 Å². The van der Waals surface area contributed by atoms with Crippen LogP contribution in [-0.4, -0.2) is 55.4 Å². The molecule has 2 aliphatic carbocycles. The molecule has 7 nitrogen and oxygen atoms in total. The van der Waals surface area contributed by atoms with Gasteiger partial charge in [-0.2, -0.15) is 0 Å². The molecule has 2 amide bonds. The van der Waals surface area contributed by atoms with Gasteiger partial charge in [-0.3, -0.25) is 14.6 Å². The van der Waals surface area contributed by atoms with Crippen LogP contribution < -0.4 is 16.8 Å². The van der Waals surface area contributed by atoms with E-state index in [1.54, 1.807) is 0 Å². The average Bonchev–Trinajstić information content (AvgIpc) is 3.66. The zero-order valence-corrected chi connectivity index (χ0v) is 22.6. The summed E-state index contributed by atoms with van der Waals surface area (Å²) in [6, 6.07) is 7.46. The topological polar surface area (TPSA) is 120 Å². The lowest BCUT2D eigenvalue weighted by molar-refractivity contribution is -0.133. The van der Waals surface area contributed by atoms with Crippen molar-refractivity contribution in [2.24, 2.45) is 40.1 Å². The number of anilines is 1. The number of benzene rings is 1. The first-order valence-electron chi connectivity index (χ1n) is 12.4. The number of amides is 2. The van der Waals surface area contributed by atoms with E-state index in [0.29, 0.717) is 36.6 Å². The summed E-state index contributed by atoms with van der Waals surface area (Å²) in [5.74, 6) is 0.435. The van der Waals surface area contributed by atoms with Gasteiger partial charge in [0.25, 0.3) is 0 Å². The van der Waals surface area contributed by atoms with E-state index in [1.165, 1.54) is 0 Å². The largest absolute Gasteiger partial charge is 0.402 e. The molecule has 1 unspecified atom stereocenters. The second kappa shape index (κ2) is 11.6. The Balaban J connectivity index is 1.64. The van der Waals surface area contributed by atoms with Crippen LogP contribution in [0.4, 0.5) is 5.69 Å². The fourth-order valence-electron chi connectivity index (χ4n) is 4.64. The highest BCUT2D eigenvalue weighted by atomic mass is 32.3. The van der Waals surface area contributed by atoms with Gasteiger partial charge in [0, 0.05) is 28.4 Å². The van der Waals surface area contributed by atoms with Crippen molar-refractivity contribution in [3.63, 3.8) is 0 Å². The number of carbonyl (C=O) groups excluding carboxylic acids is 2. The maximum atomic E-state index is 13.1. The molecular formula is C27H42N4O3S. The van der Waals surface area contributed by atoms with Crippen LogP contribution in [-0.2, 0) is 14.3 Å². The number of rotatable bonds is 13. The SMILES string of the molecule is CC(=NCOCCS(C)(C)C)C(=C(C)N)c1ccc(NC(=O)C(C(N)=O)C(C2CC2)C2CC2)cc1. The Kier molecular flexibility index (Phi) is 9.05. The van der Waals surface area contributed by atoms with E-state index in [-0.39, 0.29) is 11.8 Å². The summed E-state index contributed by atoms with van der Waals surface area (Å²) in [6.45, 7) is 4.76. The summed E-state index contributed by atoms with van der Waals surface area (Å²) in [6.07, 6.45) is 11.1. The molecule has 194 valence electrons. The minimum absolute atomic E-state index is 0.0760. The Hall–Kier alpha value is -2.32. The van der Waals surface area contributed by atoms with Crippen LogP contribution in [0.25, 0.3) is 5.57 Å². The third kappa shape index (κ3) is 8.10. The van der Waals surface area contributed by atoms with Crippen molar-refractivity contribution in [2.45, 2.75) is 39.5 Å². The number of nitrogens with one attached hydrogen (secondary N) is 1. The van der Waals surface area contributed by atoms with Gasteiger partial charge in [-0.25, -0.2) is 10.0 Å². The molecule has 35 heavy (non-hydrogen) atoms. The van der Waals surface area contributed by atoms with Crippen LogP contribution in [0.5, 0.6) is 0 Å². The van der Waals surface area contributed by atoms with Crippen LogP contribution >= 0.6 is 10.0 Å². The lowest BCUT2D eigenvalue weighted by Gasteiger charge is -2.24. The Morgan fingerprint density at radius 2 is 1.63 bits per heavy atom. The Bertz CT molecular complexity index is 957. The van der Waals surface area contributed by atoms with Crippen molar-refractivity contribution in [3.8, 4) is 0 Å². The van der Waals surface area contributed by atoms with Crippen LogP contribution in [0.2, 0.25) is 0 Å². The van der Waals surface area contributed by atoms with E-state index in [2.05, 4.69) is 29.1 Å². The molecule has 1 aromatic rings. The smallest absolute Gasteiger partial charge is 0.237 e. The minimum Gasteiger partial charge on any atom is -0.402 e. The highest BCUT2D eigenvalue weighted by Crippen LogP contribution is 2.52. The summed E-state index contributed by atoms with van der Waals surface area (Å²) >= 11 is 0. The van der Waals surface area contributed by atoms with Gasteiger partial charge in [-0.05, 0) is 93.7 Å². The zero-order chi connectivity index (χ0) is 25.8. The molecular weight excluding hydrogens is 460 g/mol. The first kappa shape index (κ1) is 27.3. The summed E-state index contributed by atoms with van der Waals surface area (Å²) in [7, 11) is -0.587. The van der Waals surface area contributed by atoms with Crippen LogP contribution in [0, 0.1) is 23.7 Å². The highest BCUT2D eigenvalue weighted by Gasteiger charge is 2.49. The van der Waals surface area contributed by atoms with Gasteiger partial charge in [0.05, 0.1) is 6.61 Å². The molecule has 0 bridgehead atoms. The quantitative estimate of drug-likeness (QED) is 0.215. The summed E-state index contributed by atoms with van der Waals surface area (Å²) < 4.78 is 5.70. The molecule has 8 heteroatoms. The lowest BCUT2D eigenvalue weighted by atomic mass is 9.82. The first-order chi connectivity index (χ1) is 16.5. The summed E-state index contributed by atoms with van der Waals surface area (Å²) in [5, 5.41) is 2.92. The molecule has 3 rings (SSSR count). The molecule has 5 N–H and O–H groups in total. The maximum Gasteiger partial charge on any atom is 0.237 e. The van der Waals surface area contributed by atoms with Gasteiger partial charge in [-0.1, -0.05) is 12.1 Å². The molecule has 0 aromatic heterocycles. The number of nitrogens with zero attached hydrogens (tertiary/aromatic N) is 1. The van der Waals surface area contributed by atoms with Crippen molar-refractivity contribution < 1.29 is 14.3 Å². The van der Waals surface area contributed by atoms with Crippen molar-refractivity contribution in [1.29, 1.82) is 0 Å². The number of ether oxygens (including phenoxy) is 1.